The molecule has 0 aliphatic rings. The second kappa shape index (κ2) is 6.74. The number of phenols is 1. The maximum absolute atomic E-state index is 12.5. The summed E-state index contributed by atoms with van der Waals surface area (Å²) < 4.78 is 0.783. The Morgan fingerprint density at radius 3 is 2.52 bits per heavy atom. The molecule has 0 aliphatic carbocycles. The molecule has 3 aromatic rings. The number of carbonyl (C=O) groups is 1. The topological polar surface area (TPSA) is 99.8 Å². The molecular formula is C17H13ClN4O3. The fraction of sp³-hybridized carbons (Fsp3) is 0.0588. The summed E-state index contributed by atoms with van der Waals surface area (Å²) in [6.07, 6.45) is 0. The van der Waals surface area contributed by atoms with Crippen molar-refractivity contribution in [3.05, 3.63) is 75.2 Å². The van der Waals surface area contributed by atoms with Gasteiger partial charge >= 0.3 is 5.56 Å². The molecule has 0 atom stereocenters. The van der Waals surface area contributed by atoms with Gasteiger partial charge in [-0.3, -0.25) is 14.7 Å². The number of hydrogen-bond acceptors (Lipinski definition) is 5. The van der Waals surface area contributed by atoms with Crippen LogP contribution in [-0.4, -0.2) is 20.8 Å². The van der Waals surface area contributed by atoms with E-state index in [9.17, 15) is 14.7 Å². The third kappa shape index (κ3) is 3.22. The zero-order valence-electron chi connectivity index (χ0n) is 13.1. The van der Waals surface area contributed by atoms with E-state index < -0.39 is 11.5 Å². The predicted octanol–water partition coefficient (Wildman–Crippen LogP) is 3.95. The van der Waals surface area contributed by atoms with E-state index in [2.05, 4.69) is 15.3 Å². The Hall–Kier alpha value is -3.19. The van der Waals surface area contributed by atoms with Gasteiger partial charge in [0.25, 0.3) is 5.91 Å². The molecule has 1 aromatic heterocycles. The van der Waals surface area contributed by atoms with Crippen LogP contribution in [0, 0.1) is 6.92 Å². The van der Waals surface area contributed by atoms with E-state index in [0.29, 0.717) is 16.4 Å². The minimum Gasteiger partial charge on any atom is -0.507 e. The number of nitrogens with zero attached hydrogens (tertiary/aromatic N) is 3. The SMILES string of the molecule is Cc1[nH]n(C(=O)c2ccccc2O)c(=O)c1N=Nc1ccccc1Cl. The summed E-state index contributed by atoms with van der Waals surface area (Å²) in [5, 5.41) is 20.7. The van der Waals surface area contributed by atoms with Crippen LogP contribution in [0.3, 0.4) is 0 Å². The second-order valence-electron chi connectivity index (χ2n) is 5.20. The Bertz CT molecular complexity index is 1040. The summed E-state index contributed by atoms with van der Waals surface area (Å²) in [5.74, 6) is -0.906. The van der Waals surface area contributed by atoms with Gasteiger partial charge in [0, 0.05) is 0 Å². The van der Waals surface area contributed by atoms with Crippen molar-refractivity contribution in [2.24, 2.45) is 10.2 Å². The molecule has 0 saturated carbocycles. The summed E-state index contributed by atoms with van der Waals surface area (Å²) in [6.45, 7) is 1.59. The number of aryl methyl sites for hydroxylation is 1. The Labute approximate surface area is 147 Å². The van der Waals surface area contributed by atoms with Crippen molar-refractivity contribution in [1.82, 2.24) is 9.78 Å². The van der Waals surface area contributed by atoms with Crippen molar-refractivity contribution in [3.8, 4) is 5.75 Å². The highest BCUT2D eigenvalue weighted by molar-refractivity contribution is 6.32. The van der Waals surface area contributed by atoms with Crippen LogP contribution in [0.5, 0.6) is 5.75 Å². The minimum absolute atomic E-state index is 0.000410. The van der Waals surface area contributed by atoms with Gasteiger partial charge in [-0.25, -0.2) is 0 Å². The number of benzene rings is 2. The monoisotopic (exact) mass is 356 g/mol. The zero-order valence-corrected chi connectivity index (χ0v) is 13.9. The van der Waals surface area contributed by atoms with Gasteiger partial charge in [-0.15, -0.1) is 10.2 Å². The maximum atomic E-state index is 12.5. The zero-order chi connectivity index (χ0) is 18.0. The number of nitrogens with one attached hydrogen (secondary N) is 1. The first-order chi connectivity index (χ1) is 12.0. The molecule has 0 fully saturated rings. The van der Waals surface area contributed by atoms with Crippen molar-refractivity contribution in [2.45, 2.75) is 6.92 Å². The van der Waals surface area contributed by atoms with Gasteiger partial charge < -0.3 is 5.11 Å². The fourth-order valence-corrected chi connectivity index (χ4v) is 2.38. The van der Waals surface area contributed by atoms with Crippen LogP contribution < -0.4 is 5.56 Å². The third-order valence-electron chi connectivity index (χ3n) is 3.49. The molecule has 0 unspecified atom stereocenters. The Kier molecular flexibility index (Phi) is 4.49. The van der Waals surface area contributed by atoms with E-state index in [4.69, 9.17) is 11.6 Å². The predicted molar refractivity (Wildman–Crippen MR) is 93.3 cm³/mol. The quantitative estimate of drug-likeness (QED) is 0.695. The van der Waals surface area contributed by atoms with Crippen LogP contribution in [0.1, 0.15) is 16.1 Å². The summed E-state index contributed by atoms with van der Waals surface area (Å²) in [7, 11) is 0. The molecule has 0 amide bonds. The molecule has 0 bridgehead atoms. The first kappa shape index (κ1) is 16.7. The van der Waals surface area contributed by atoms with Crippen LogP contribution in [-0.2, 0) is 0 Å². The molecule has 126 valence electrons. The Morgan fingerprint density at radius 1 is 1.12 bits per heavy atom. The average molecular weight is 357 g/mol. The molecule has 3 rings (SSSR count). The highest BCUT2D eigenvalue weighted by Gasteiger charge is 2.19. The van der Waals surface area contributed by atoms with Gasteiger partial charge in [0.05, 0.1) is 16.3 Å². The number of aromatic amines is 1. The summed E-state index contributed by atoms with van der Waals surface area (Å²) in [5.41, 5.74) is 0.0954. The van der Waals surface area contributed by atoms with Gasteiger partial charge in [-0.05, 0) is 31.2 Å². The van der Waals surface area contributed by atoms with Gasteiger partial charge in [0.2, 0.25) is 0 Å². The second-order valence-corrected chi connectivity index (χ2v) is 5.61. The molecule has 8 heteroatoms. The van der Waals surface area contributed by atoms with Crippen LogP contribution in [0.25, 0.3) is 0 Å². The number of phenolic OH excluding ortho intramolecular Hbond substituents is 1. The summed E-state index contributed by atoms with van der Waals surface area (Å²) >= 11 is 6.00. The van der Waals surface area contributed by atoms with E-state index in [0.717, 1.165) is 4.68 Å². The summed E-state index contributed by atoms with van der Waals surface area (Å²) in [4.78, 5) is 24.9. The summed E-state index contributed by atoms with van der Waals surface area (Å²) in [6, 6.07) is 12.8. The number of aromatic hydroxyl groups is 1. The maximum Gasteiger partial charge on any atom is 0.302 e. The van der Waals surface area contributed by atoms with Crippen molar-refractivity contribution in [3.63, 3.8) is 0 Å². The number of H-pyrrole nitrogens is 1. The molecule has 0 spiro atoms. The van der Waals surface area contributed by atoms with Gasteiger partial charge in [0.15, 0.2) is 5.69 Å². The van der Waals surface area contributed by atoms with Crippen LogP contribution in [0.2, 0.25) is 5.02 Å². The molecule has 2 N–H and O–H groups in total. The number of rotatable bonds is 3. The number of hydrogen-bond donors (Lipinski definition) is 2. The van der Waals surface area contributed by atoms with E-state index in [1.165, 1.54) is 12.1 Å². The van der Waals surface area contributed by atoms with Gasteiger partial charge in [-0.2, -0.15) is 4.68 Å². The van der Waals surface area contributed by atoms with Crippen molar-refractivity contribution < 1.29 is 9.90 Å². The largest absolute Gasteiger partial charge is 0.507 e. The Morgan fingerprint density at radius 2 is 1.80 bits per heavy atom. The van der Waals surface area contributed by atoms with Crippen LogP contribution >= 0.6 is 11.6 Å². The highest BCUT2D eigenvalue weighted by atomic mass is 35.5. The fourth-order valence-electron chi connectivity index (χ4n) is 2.21. The lowest BCUT2D eigenvalue weighted by atomic mass is 10.2. The lowest BCUT2D eigenvalue weighted by molar-refractivity contribution is 0.0938. The number of halogens is 1. The van der Waals surface area contributed by atoms with E-state index in [-0.39, 0.29) is 17.0 Å². The molecule has 25 heavy (non-hydrogen) atoms. The smallest absolute Gasteiger partial charge is 0.302 e. The third-order valence-corrected chi connectivity index (χ3v) is 3.81. The average Bonchev–Trinajstić information content (AvgIpc) is 2.88. The van der Waals surface area contributed by atoms with E-state index in [1.807, 2.05) is 0 Å². The molecule has 7 nitrogen and oxygen atoms in total. The van der Waals surface area contributed by atoms with E-state index >= 15 is 0 Å². The van der Waals surface area contributed by atoms with E-state index in [1.54, 1.807) is 43.3 Å². The van der Waals surface area contributed by atoms with Gasteiger partial charge in [0.1, 0.15) is 11.4 Å². The Balaban J connectivity index is 2.00. The van der Waals surface area contributed by atoms with Crippen LogP contribution in [0.15, 0.2) is 63.6 Å². The minimum atomic E-state index is -0.689. The normalized spacial score (nSPS) is 11.1. The van der Waals surface area contributed by atoms with Gasteiger partial charge in [-0.1, -0.05) is 35.9 Å². The van der Waals surface area contributed by atoms with Crippen molar-refractivity contribution in [2.75, 3.05) is 0 Å². The molecule has 1 heterocycles. The molecule has 0 aliphatic heterocycles. The first-order valence-electron chi connectivity index (χ1n) is 7.29. The number of aromatic nitrogens is 2. The standard InChI is InChI=1S/C17H13ClN4O3/c1-10-15(20-19-13-8-4-3-7-12(13)18)17(25)22(21-10)16(24)11-6-2-5-9-14(11)23/h2-9,21,23H,1H3. The molecular weight excluding hydrogens is 344 g/mol. The number of carbonyl (C=O) groups excluding carboxylic acids is 1. The van der Waals surface area contributed by atoms with Crippen molar-refractivity contribution >= 4 is 28.9 Å². The van der Waals surface area contributed by atoms with Crippen molar-refractivity contribution in [1.29, 1.82) is 0 Å². The highest BCUT2D eigenvalue weighted by Crippen LogP contribution is 2.26. The molecule has 0 saturated heterocycles. The number of azo groups is 1. The first-order valence-corrected chi connectivity index (χ1v) is 7.67. The molecule has 2 aromatic carbocycles. The lowest BCUT2D eigenvalue weighted by Crippen LogP contribution is -2.25. The molecule has 0 radical (unpaired) electrons. The van der Waals surface area contributed by atoms with Crippen LogP contribution in [0.4, 0.5) is 11.4 Å². The number of para-hydroxylation sites is 1. The lowest BCUT2D eigenvalue weighted by Gasteiger charge is -2.02.